The molecule has 0 aliphatic heterocycles. The molecule has 1 rings (SSSR count). The Bertz CT molecular complexity index is 322. The van der Waals surface area contributed by atoms with E-state index < -0.39 is 0 Å². The highest BCUT2D eigenvalue weighted by Gasteiger charge is 2.04. The molecule has 4 N–H and O–H groups in total. The summed E-state index contributed by atoms with van der Waals surface area (Å²) in [6, 6.07) is 4.92. The topological polar surface area (TPSA) is 78.8 Å². The second-order valence-corrected chi connectivity index (χ2v) is 2.51. The number of phenolic OH excluding ortho intramolecular Hbond substituents is 1. The molecule has 1 aromatic rings. The van der Waals surface area contributed by atoms with Crippen molar-refractivity contribution in [2.45, 2.75) is 20.8 Å². The van der Waals surface area contributed by atoms with Crippen molar-refractivity contribution in [2.24, 2.45) is 10.9 Å². The third-order valence-electron chi connectivity index (χ3n) is 1.54. The van der Waals surface area contributed by atoms with Crippen LogP contribution in [0, 0.1) is 6.92 Å². The summed E-state index contributed by atoms with van der Waals surface area (Å²) in [5.74, 6) is -0.0715. The molecular formula is C10H16N2O2. The molecule has 0 spiro atoms. The Hall–Kier alpha value is -1.71. The molecule has 14 heavy (non-hydrogen) atoms. The number of aromatic hydroxyl groups is 1. The van der Waals surface area contributed by atoms with Crippen LogP contribution in [0.4, 0.5) is 0 Å². The summed E-state index contributed by atoms with van der Waals surface area (Å²) in [5.41, 5.74) is 6.54. The number of nitrogens with two attached hydrogens (primary N) is 1. The molecule has 0 saturated carbocycles. The summed E-state index contributed by atoms with van der Waals surface area (Å²) in [6.07, 6.45) is 0. The number of hydrogen-bond donors (Lipinski definition) is 3. The molecule has 0 aromatic heterocycles. The Morgan fingerprint density at radius 3 is 2.36 bits per heavy atom. The van der Waals surface area contributed by atoms with E-state index >= 15 is 0 Å². The molecule has 0 saturated heterocycles. The SMILES string of the molecule is CC.Cc1ccc(/C(N)=N/O)c(O)c1. The summed E-state index contributed by atoms with van der Waals surface area (Å²) in [7, 11) is 0. The van der Waals surface area contributed by atoms with Crippen LogP contribution >= 0.6 is 0 Å². The van der Waals surface area contributed by atoms with Gasteiger partial charge in [-0.3, -0.25) is 0 Å². The average molecular weight is 196 g/mol. The normalized spacial score (nSPS) is 10.4. The molecule has 4 nitrogen and oxygen atoms in total. The monoisotopic (exact) mass is 196 g/mol. The number of benzene rings is 1. The summed E-state index contributed by atoms with van der Waals surface area (Å²) < 4.78 is 0. The van der Waals surface area contributed by atoms with Gasteiger partial charge in [0.25, 0.3) is 0 Å². The van der Waals surface area contributed by atoms with Crippen molar-refractivity contribution in [3.8, 4) is 5.75 Å². The number of rotatable bonds is 1. The molecule has 1 aromatic carbocycles. The van der Waals surface area contributed by atoms with Gasteiger partial charge in [-0.15, -0.1) is 0 Å². The second kappa shape index (κ2) is 5.85. The molecule has 0 amide bonds. The quantitative estimate of drug-likeness (QED) is 0.277. The lowest BCUT2D eigenvalue weighted by molar-refractivity contribution is 0.318. The van der Waals surface area contributed by atoms with Crippen LogP contribution in [0.15, 0.2) is 23.4 Å². The molecule has 0 aliphatic carbocycles. The van der Waals surface area contributed by atoms with E-state index in [1.54, 1.807) is 18.2 Å². The van der Waals surface area contributed by atoms with E-state index in [1.807, 2.05) is 20.8 Å². The first-order chi connectivity index (χ1) is 6.65. The number of hydrogen-bond acceptors (Lipinski definition) is 3. The summed E-state index contributed by atoms with van der Waals surface area (Å²) in [6.45, 7) is 5.84. The van der Waals surface area contributed by atoms with Gasteiger partial charge in [-0.25, -0.2) is 0 Å². The lowest BCUT2D eigenvalue weighted by Gasteiger charge is -2.02. The van der Waals surface area contributed by atoms with Crippen LogP contribution in [-0.2, 0) is 0 Å². The van der Waals surface area contributed by atoms with Gasteiger partial charge in [0.1, 0.15) is 5.75 Å². The van der Waals surface area contributed by atoms with Gasteiger partial charge < -0.3 is 16.0 Å². The number of oxime groups is 1. The molecule has 0 bridgehead atoms. The molecule has 78 valence electrons. The van der Waals surface area contributed by atoms with Gasteiger partial charge in [-0.1, -0.05) is 25.1 Å². The van der Waals surface area contributed by atoms with Crippen LogP contribution in [0.3, 0.4) is 0 Å². The van der Waals surface area contributed by atoms with Crippen LogP contribution in [-0.4, -0.2) is 16.1 Å². The van der Waals surface area contributed by atoms with E-state index in [4.69, 9.17) is 10.9 Å². The minimum Gasteiger partial charge on any atom is -0.507 e. The number of nitrogens with zero attached hydrogens (tertiary/aromatic N) is 1. The zero-order valence-corrected chi connectivity index (χ0v) is 8.65. The smallest absolute Gasteiger partial charge is 0.173 e. The van der Waals surface area contributed by atoms with E-state index in [9.17, 15) is 5.11 Å². The Morgan fingerprint density at radius 1 is 1.36 bits per heavy atom. The minimum absolute atomic E-state index is 0.0188. The van der Waals surface area contributed by atoms with Crippen LogP contribution in [0.1, 0.15) is 25.0 Å². The lowest BCUT2D eigenvalue weighted by Crippen LogP contribution is -2.13. The maximum Gasteiger partial charge on any atom is 0.173 e. The number of phenols is 1. The predicted molar refractivity (Wildman–Crippen MR) is 56.7 cm³/mol. The second-order valence-electron chi connectivity index (χ2n) is 2.51. The largest absolute Gasteiger partial charge is 0.507 e. The van der Waals surface area contributed by atoms with E-state index in [0.29, 0.717) is 5.56 Å². The van der Waals surface area contributed by atoms with Gasteiger partial charge in [0.05, 0.1) is 5.56 Å². The van der Waals surface area contributed by atoms with Gasteiger partial charge in [0.2, 0.25) is 0 Å². The van der Waals surface area contributed by atoms with E-state index in [1.165, 1.54) is 0 Å². The van der Waals surface area contributed by atoms with Crippen LogP contribution in [0.2, 0.25) is 0 Å². The molecule has 0 radical (unpaired) electrons. The van der Waals surface area contributed by atoms with Gasteiger partial charge in [0, 0.05) is 0 Å². The van der Waals surface area contributed by atoms with Gasteiger partial charge in [-0.05, 0) is 24.6 Å². The van der Waals surface area contributed by atoms with Gasteiger partial charge in [-0.2, -0.15) is 0 Å². The fourth-order valence-corrected chi connectivity index (χ4v) is 0.912. The first-order valence-electron chi connectivity index (χ1n) is 4.42. The predicted octanol–water partition coefficient (Wildman–Crippen LogP) is 1.82. The lowest BCUT2D eigenvalue weighted by atomic mass is 10.1. The summed E-state index contributed by atoms with van der Waals surface area (Å²) >= 11 is 0. The molecule has 0 heterocycles. The molecular weight excluding hydrogens is 180 g/mol. The van der Waals surface area contributed by atoms with E-state index in [2.05, 4.69) is 5.16 Å². The molecule has 0 atom stereocenters. The zero-order chi connectivity index (χ0) is 11.1. The first kappa shape index (κ1) is 12.3. The van der Waals surface area contributed by atoms with Crippen LogP contribution in [0.5, 0.6) is 5.75 Å². The maximum atomic E-state index is 9.32. The molecule has 4 heteroatoms. The number of amidine groups is 1. The first-order valence-corrected chi connectivity index (χ1v) is 4.42. The van der Waals surface area contributed by atoms with E-state index in [-0.39, 0.29) is 11.6 Å². The van der Waals surface area contributed by atoms with Crippen molar-refractivity contribution in [1.29, 1.82) is 0 Å². The Balaban J connectivity index is 0.000000791. The van der Waals surface area contributed by atoms with E-state index in [0.717, 1.165) is 5.56 Å². The fraction of sp³-hybridized carbons (Fsp3) is 0.300. The third-order valence-corrected chi connectivity index (χ3v) is 1.54. The average Bonchev–Trinajstić information content (AvgIpc) is 2.20. The Morgan fingerprint density at radius 2 is 1.93 bits per heavy atom. The standard InChI is InChI=1S/C8H10N2O2.C2H6/c1-5-2-3-6(7(11)4-5)8(9)10-12;1-2/h2-4,11-12H,1H3,(H2,9,10);1-2H3. The Labute approximate surface area is 83.7 Å². The van der Waals surface area contributed by atoms with Gasteiger partial charge in [0.15, 0.2) is 5.84 Å². The van der Waals surface area contributed by atoms with Crippen LogP contribution in [0.25, 0.3) is 0 Å². The minimum atomic E-state index is -0.0903. The summed E-state index contributed by atoms with van der Waals surface area (Å²) in [5, 5.41) is 20.4. The molecule has 0 unspecified atom stereocenters. The molecule has 0 fully saturated rings. The summed E-state index contributed by atoms with van der Waals surface area (Å²) in [4.78, 5) is 0. The van der Waals surface area contributed by atoms with Crippen molar-refractivity contribution < 1.29 is 10.3 Å². The van der Waals surface area contributed by atoms with Crippen molar-refractivity contribution in [1.82, 2.24) is 0 Å². The zero-order valence-electron chi connectivity index (χ0n) is 8.65. The van der Waals surface area contributed by atoms with Crippen molar-refractivity contribution in [3.05, 3.63) is 29.3 Å². The molecule has 0 aliphatic rings. The van der Waals surface area contributed by atoms with Crippen molar-refractivity contribution in [3.63, 3.8) is 0 Å². The highest BCUT2D eigenvalue weighted by atomic mass is 16.4. The number of aryl methyl sites for hydroxylation is 1. The maximum absolute atomic E-state index is 9.32. The Kier molecular flexibility index (Phi) is 5.14. The van der Waals surface area contributed by atoms with Gasteiger partial charge >= 0.3 is 0 Å². The highest BCUT2D eigenvalue weighted by molar-refractivity contribution is 5.99. The highest BCUT2D eigenvalue weighted by Crippen LogP contribution is 2.17. The van der Waals surface area contributed by atoms with Crippen LogP contribution < -0.4 is 5.73 Å². The fourth-order valence-electron chi connectivity index (χ4n) is 0.912. The van der Waals surface area contributed by atoms with Crippen molar-refractivity contribution >= 4 is 5.84 Å². The van der Waals surface area contributed by atoms with Crippen molar-refractivity contribution in [2.75, 3.05) is 0 Å². The third kappa shape index (κ3) is 2.97.